The van der Waals surface area contributed by atoms with Crippen LogP contribution >= 0.6 is 0 Å². The molecule has 2 aliphatic rings. The molecular weight excluding hydrogens is 216 g/mol. The van der Waals surface area contributed by atoms with Gasteiger partial charge in [-0.2, -0.15) is 0 Å². The van der Waals surface area contributed by atoms with Gasteiger partial charge < -0.3 is 0 Å². The Kier molecular flexibility index (Phi) is 6.05. The summed E-state index contributed by atoms with van der Waals surface area (Å²) in [6, 6.07) is 0. The summed E-state index contributed by atoms with van der Waals surface area (Å²) in [6.45, 7) is 4.79. The van der Waals surface area contributed by atoms with Crippen molar-refractivity contribution in [2.24, 2.45) is 23.7 Å². The molecule has 18 heavy (non-hydrogen) atoms. The van der Waals surface area contributed by atoms with Crippen LogP contribution in [0.3, 0.4) is 0 Å². The van der Waals surface area contributed by atoms with Gasteiger partial charge in [-0.25, -0.2) is 0 Å². The minimum absolute atomic E-state index is 0.958. The molecule has 0 aromatic rings. The van der Waals surface area contributed by atoms with Gasteiger partial charge in [0.1, 0.15) is 0 Å². The van der Waals surface area contributed by atoms with Crippen LogP contribution in [0.2, 0.25) is 0 Å². The number of hydrogen-bond acceptors (Lipinski definition) is 0. The highest BCUT2D eigenvalue weighted by atomic mass is 14.3. The first-order chi connectivity index (χ1) is 8.83. The molecule has 0 aromatic carbocycles. The van der Waals surface area contributed by atoms with E-state index in [9.17, 15) is 0 Å². The van der Waals surface area contributed by atoms with Gasteiger partial charge in [0.15, 0.2) is 0 Å². The highest BCUT2D eigenvalue weighted by Gasteiger charge is 2.28. The van der Waals surface area contributed by atoms with Crippen molar-refractivity contribution in [2.75, 3.05) is 0 Å². The third-order valence-corrected chi connectivity index (χ3v) is 5.76. The molecule has 1 radical (unpaired) electrons. The summed E-state index contributed by atoms with van der Waals surface area (Å²) in [6.07, 6.45) is 19.0. The molecule has 0 spiro atoms. The third-order valence-electron chi connectivity index (χ3n) is 5.76. The zero-order valence-electron chi connectivity index (χ0n) is 12.7. The van der Waals surface area contributed by atoms with E-state index in [4.69, 9.17) is 0 Å². The van der Waals surface area contributed by atoms with E-state index in [0.717, 1.165) is 23.7 Å². The summed E-state index contributed by atoms with van der Waals surface area (Å²) in [7, 11) is 0. The molecule has 0 N–H and O–H groups in total. The summed E-state index contributed by atoms with van der Waals surface area (Å²) in [5, 5.41) is 0. The zero-order chi connectivity index (χ0) is 12.8. The monoisotopic (exact) mass is 249 g/mol. The summed E-state index contributed by atoms with van der Waals surface area (Å²) in [4.78, 5) is 0. The van der Waals surface area contributed by atoms with Crippen LogP contribution < -0.4 is 0 Å². The number of rotatable bonds is 5. The van der Waals surface area contributed by atoms with Gasteiger partial charge in [0.2, 0.25) is 0 Å². The molecule has 3 unspecified atom stereocenters. The summed E-state index contributed by atoms with van der Waals surface area (Å²) < 4.78 is 0. The molecule has 0 aromatic heterocycles. The van der Waals surface area contributed by atoms with Gasteiger partial charge in [0.05, 0.1) is 0 Å². The van der Waals surface area contributed by atoms with Crippen LogP contribution in [-0.4, -0.2) is 0 Å². The lowest BCUT2D eigenvalue weighted by Crippen LogP contribution is -2.25. The van der Waals surface area contributed by atoms with Crippen molar-refractivity contribution in [3.63, 3.8) is 0 Å². The van der Waals surface area contributed by atoms with E-state index in [1.165, 1.54) is 70.6 Å². The largest absolute Gasteiger partial charge is 0.0651 e. The summed E-state index contributed by atoms with van der Waals surface area (Å²) >= 11 is 0. The fourth-order valence-electron chi connectivity index (χ4n) is 4.42. The Labute approximate surface area is 115 Å². The topological polar surface area (TPSA) is 0 Å². The SMILES string of the molecule is CCC1CCC([CH]CC2CCCCC2)CC1CC. The first kappa shape index (κ1) is 14.4. The minimum atomic E-state index is 0.958. The van der Waals surface area contributed by atoms with Crippen LogP contribution in [-0.2, 0) is 0 Å². The van der Waals surface area contributed by atoms with Crippen molar-refractivity contribution < 1.29 is 0 Å². The van der Waals surface area contributed by atoms with Crippen molar-refractivity contribution in [2.45, 2.75) is 84.5 Å². The molecule has 0 heterocycles. The second-order valence-electron chi connectivity index (χ2n) is 6.89. The van der Waals surface area contributed by atoms with Gasteiger partial charge >= 0.3 is 0 Å². The predicted octanol–water partition coefficient (Wildman–Crippen LogP) is 6.01. The van der Waals surface area contributed by atoms with E-state index < -0.39 is 0 Å². The first-order valence-corrected chi connectivity index (χ1v) is 8.66. The molecular formula is C18H33. The van der Waals surface area contributed by atoms with Crippen LogP contribution in [0.1, 0.15) is 84.5 Å². The molecule has 2 rings (SSSR count). The van der Waals surface area contributed by atoms with Gasteiger partial charge in [0.25, 0.3) is 0 Å². The maximum atomic E-state index is 2.73. The fourth-order valence-corrected chi connectivity index (χ4v) is 4.42. The van der Waals surface area contributed by atoms with Crippen molar-refractivity contribution >= 4 is 0 Å². The third kappa shape index (κ3) is 4.00. The van der Waals surface area contributed by atoms with Crippen LogP contribution in [0.5, 0.6) is 0 Å². The van der Waals surface area contributed by atoms with Crippen LogP contribution in [0, 0.1) is 30.1 Å². The van der Waals surface area contributed by atoms with Crippen molar-refractivity contribution in [1.29, 1.82) is 0 Å². The van der Waals surface area contributed by atoms with Crippen LogP contribution in [0.4, 0.5) is 0 Å². The molecule has 0 nitrogen and oxygen atoms in total. The minimum Gasteiger partial charge on any atom is -0.0651 e. The normalized spacial score (nSPS) is 34.7. The van der Waals surface area contributed by atoms with Crippen molar-refractivity contribution in [3.8, 4) is 0 Å². The lowest BCUT2D eigenvalue weighted by atomic mass is 9.70. The second-order valence-corrected chi connectivity index (χ2v) is 6.89. The highest BCUT2D eigenvalue weighted by molar-refractivity contribution is 4.87. The fraction of sp³-hybridized carbons (Fsp3) is 0.944. The molecule has 0 bridgehead atoms. The molecule has 0 saturated heterocycles. The Bertz CT molecular complexity index is 214. The summed E-state index contributed by atoms with van der Waals surface area (Å²) in [5.41, 5.74) is 0. The van der Waals surface area contributed by atoms with E-state index in [0.29, 0.717) is 0 Å². The van der Waals surface area contributed by atoms with Gasteiger partial charge in [-0.05, 0) is 55.8 Å². The van der Waals surface area contributed by atoms with Crippen molar-refractivity contribution in [1.82, 2.24) is 0 Å². The molecule has 0 aliphatic heterocycles. The lowest BCUT2D eigenvalue weighted by molar-refractivity contribution is 0.179. The van der Waals surface area contributed by atoms with Crippen molar-refractivity contribution in [3.05, 3.63) is 6.42 Å². The van der Waals surface area contributed by atoms with Crippen LogP contribution in [0.15, 0.2) is 0 Å². The van der Waals surface area contributed by atoms with E-state index >= 15 is 0 Å². The Balaban J connectivity index is 1.70. The molecule has 0 heteroatoms. The predicted molar refractivity (Wildman–Crippen MR) is 80.4 cm³/mol. The molecule has 2 fully saturated rings. The maximum absolute atomic E-state index is 2.73. The number of hydrogen-bond donors (Lipinski definition) is 0. The van der Waals surface area contributed by atoms with Gasteiger partial charge in [-0.3, -0.25) is 0 Å². The van der Waals surface area contributed by atoms with E-state index in [2.05, 4.69) is 20.3 Å². The second kappa shape index (κ2) is 7.56. The van der Waals surface area contributed by atoms with Gasteiger partial charge in [-0.1, -0.05) is 58.8 Å². The standard InChI is InChI=1S/C18H33/c1-3-17-13-12-16(14-18(17)4-2)11-10-15-8-6-5-7-9-15/h11,15-18H,3-10,12-14H2,1-2H3. The molecule has 2 aliphatic carbocycles. The molecule has 3 atom stereocenters. The summed E-state index contributed by atoms with van der Waals surface area (Å²) in [5.74, 6) is 4.06. The smallest absolute Gasteiger partial charge is 0.0352 e. The molecule has 105 valence electrons. The Hall–Kier alpha value is 0. The van der Waals surface area contributed by atoms with Crippen LogP contribution in [0.25, 0.3) is 0 Å². The molecule has 0 amide bonds. The van der Waals surface area contributed by atoms with Gasteiger partial charge in [0, 0.05) is 0 Å². The Morgan fingerprint density at radius 2 is 1.56 bits per heavy atom. The van der Waals surface area contributed by atoms with E-state index in [1.54, 1.807) is 0 Å². The Morgan fingerprint density at radius 1 is 0.833 bits per heavy atom. The average Bonchev–Trinajstić information content (AvgIpc) is 2.45. The molecule has 2 saturated carbocycles. The first-order valence-electron chi connectivity index (χ1n) is 8.66. The highest BCUT2D eigenvalue weighted by Crippen LogP contribution is 2.40. The lowest BCUT2D eigenvalue weighted by Gasteiger charge is -2.36. The zero-order valence-corrected chi connectivity index (χ0v) is 12.7. The Morgan fingerprint density at radius 3 is 2.22 bits per heavy atom. The van der Waals surface area contributed by atoms with Gasteiger partial charge in [-0.15, -0.1) is 0 Å². The van der Waals surface area contributed by atoms with E-state index in [1.807, 2.05) is 0 Å². The maximum Gasteiger partial charge on any atom is -0.0352 e. The quantitative estimate of drug-likeness (QED) is 0.559. The average molecular weight is 249 g/mol. The van der Waals surface area contributed by atoms with E-state index in [-0.39, 0.29) is 0 Å².